The summed E-state index contributed by atoms with van der Waals surface area (Å²) in [5.41, 5.74) is -1.51. The van der Waals surface area contributed by atoms with E-state index >= 15 is 0 Å². The Labute approximate surface area is 314 Å². The highest BCUT2D eigenvalue weighted by molar-refractivity contribution is 7.91. The molecule has 54 heavy (non-hydrogen) atoms. The van der Waals surface area contributed by atoms with E-state index in [1.54, 1.807) is 39.0 Å². The van der Waals surface area contributed by atoms with Crippen molar-refractivity contribution in [1.82, 2.24) is 30.6 Å². The molecule has 5 N–H and O–H groups in total. The number of ether oxygens (including phenoxy) is 3. The molecule has 6 rings (SSSR count). The SMILES string of the molecule is COc1cc2cc(C(=O)N[C@@H]3C[C@H]4C(=O)N[C@]5(C(=O)NS(=O)(=O)C6CC6)C[C@@H]5/C=C\CCCCC[C@H](NC(=O)OC(C)(C)C)C(=O)N4C3)[nH]c2cc1OC. The molecule has 2 aliphatic carbocycles. The molecule has 4 aliphatic rings. The van der Waals surface area contributed by atoms with Crippen LogP contribution in [0.5, 0.6) is 11.5 Å². The van der Waals surface area contributed by atoms with Gasteiger partial charge in [0.1, 0.15) is 28.9 Å². The number of amides is 5. The molecule has 17 heteroatoms. The van der Waals surface area contributed by atoms with Crippen molar-refractivity contribution in [2.75, 3.05) is 20.8 Å². The van der Waals surface area contributed by atoms with Crippen molar-refractivity contribution in [3.05, 3.63) is 36.0 Å². The molecule has 2 aliphatic heterocycles. The average molecular weight is 771 g/mol. The number of sulfonamides is 1. The van der Waals surface area contributed by atoms with Gasteiger partial charge < -0.3 is 40.0 Å². The minimum Gasteiger partial charge on any atom is -0.493 e. The highest BCUT2D eigenvalue weighted by atomic mass is 32.2. The van der Waals surface area contributed by atoms with E-state index in [0.29, 0.717) is 48.1 Å². The fourth-order valence-electron chi connectivity index (χ4n) is 7.20. The van der Waals surface area contributed by atoms with Gasteiger partial charge in [0, 0.05) is 35.5 Å². The molecule has 2 aromatic rings. The largest absolute Gasteiger partial charge is 0.493 e. The quantitative estimate of drug-likeness (QED) is 0.248. The number of rotatable bonds is 8. The number of nitrogens with one attached hydrogen (secondary N) is 5. The van der Waals surface area contributed by atoms with Crippen LogP contribution in [0.15, 0.2) is 30.4 Å². The van der Waals surface area contributed by atoms with Gasteiger partial charge in [-0.2, -0.15) is 0 Å². The molecular weight excluding hydrogens is 721 g/mol. The fraction of sp³-hybridized carbons (Fsp3) is 0.595. The number of alkyl carbamates (subject to hydrolysis) is 1. The monoisotopic (exact) mass is 770 g/mol. The summed E-state index contributed by atoms with van der Waals surface area (Å²) in [6, 6.07) is 2.18. The Morgan fingerprint density at radius 3 is 2.37 bits per heavy atom. The van der Waals surface area contributed by atoms with Crippen molar-refractivity contribution >= 4 is 50.6 Å². The molecule has 5 amide bonds. The van der Waals surface area contributed by atoms with Gasteiger partial charge in [-0.25, -0.2) is 13.2 Å². The Hall–Kier alpha value is -4.80. The topological polar surface area (TPSA) is 214 Å². The second kappa shape index (κ2) is 15.1. The summed E-state index contributed by atoms with van der Waals surface area (Å²) in [5, 5.41) is 8.52. The van der Waals surface area contributed by atoms with Gasteiger partial charge in [0.05, 0.1) is 19.5 Å². The third-order valence-electron chi connectivity index (χ3n) is 10.3. The van der Waals surface area contributed by atoms with Gasteiger partial charge in [-0.1, -0.05) is 25.0 Å². The van der Waals surface area contributed by atoms with E-state index in [-0.39, 0.29) is 31.5 Å². The van der Waals surface area contributed by atoms with Crippen LogP contribution in [0.1, 0.15) is 89.0 Å². The molecule has 3 fully saturated rings. The number of allylic oxidation sites excluding steroid dienone is 1. The van der Waals surface area contributed by atoms with Crippen molar-refractivity contribution in [3.63, 3.8) is 0 Å². The van der Waals surface area contributed by atoms with Gasteiger partial charge in [0.2, 0.25) is 21.8 Å². The summed E-state index contributed by atoms with van der Waals surface area (Å²) >= 11 is 0. The van der Waals surface area contributed by atoms with Crippen LogP contribution in [-0.4, -0.2) is 103 Å². The molecule has 0 bridgehead atoms. The molecule has 1 aromatic heterocycles. The number of aromatic amines is 1. The van der Waals surface area contributed by atoms with E-state index in [1.165, 1.54) is 19.1 Å². The second-order valence-corrected chi connectivity index (χ2v) is 17.6. The van der Waals surface area contributed by atoms with Gasteiger partial charge in [-0.15, -0.1) is 0 Å². The maximum atomic E-state index is 14.4. The first kappa shape index (κ1) is 38.9. The summed E-state index contributed by atoms with van der Waals surface area (Å²) in [5.74, 6) is -2.02. The number of aromatic nitrogens is 1. The fourth-order valence-corrected chi connectivity index (χ4v) is 8.56. The van der Waals surface area contributed by atoms with Gasteiger partial charge in [-0.3, -0.25) is 23.9 Å². The van der Waals surface area contributed by atoms with Crippen molar-refractivity contribution in [2.45, 2.75) is 113 Å². The lowest BCUT2D eigenvalue weighted by molar-refractivity contribution is -0.141. The molecule has 0 unspecified atom stereocenters. The van der Waals surface area contributed by atoms with Crippen LogP contribution >= 0.6 is 0 Å². The highest BCUT2D eigenvalue weighted by Crippen LogP contribution is 2.46. The predicted molar refractivity (Wildman–Crippen MR) is 197 cm³/mol. The van der Waals surface area contributed by atoms with Crippen molar-refractivity contribution < 1.29 is 46.6 Å². The van der Waals surface area contributed by atoms with Gasteiger partial charge in [-0.05, 0) is 77.8 Å². The Bertz CT molecular complexity index is 1910. The van der Waals surface area contributed by atoms with E-state index in [0.717, 1.165) is 12.8 Å². The first-order valence-electron chi connectivity index (χ1n) is 18.4. The van der Waals surface area contributed by atoms with E-state index in [1.807, 2.05) is 12.2 Å². The molecule has 0 spiro atoms. The molecule has 16 nitrogen and oxygen atoms in total. The van der Waals surface area contributed by atoms with Gasteiger partial charge >= 0.3 is 6.09 Å². The number of nitrogens with zero attached hydrogens (tertiary/aromatic N) is 1. The number of benzene rings is 1. The van der Waals surface area contributed by atoms with E-state index in [4.69, 9.17) is 14.2 Å². The Balaban J connectivity index is 1.28. The number of carbonyl (C=O) groups excluding carboxylic acids is 5. The van der Waals surface area contributed by atoms with Crippen LogP contribution in [0.4, 0.5) is 4.79 Å². The molecule has 5 atom stereocenters. The van der Waals surface area contributed by atoms with Crippen LogP contribution in [0, 0.1) is 5.92 Å². The molecule has 1 saturated heterocycles. The normalized spacial score (nSPS) is 26.9. The zero-order valence-corrected chi connectivity index (χ0v) is 32.1. The molecule has 2 saturated carbocycles. The Morgan fingerprint density at radius 2 is 1.69 bits per heavy atom. The number of hydrogen-bond acceptors (Lipinski definition) is 10. The number of hydrogen-bond donors (Lipinski definition) is 5. The van der Waals surface area contributed by atoms with Gasteiger partial charge in [0.25, 0.3) is 11.8 Å². The van der Waals surface area contributed by atoms with Crippen molar-refractivity contribution in [1.29, 1.82) is 0 Å². The molecular formula is C37H50N6O10S. The predicted octanol–water partition coefficient (Wildman–Crippen LogP) is 2.78. The number of methoxy groups -OCH3 is 2. The van der Waals surface area contributed by atoms with Crippen LogP contribution < -0.4 is 30.1 Å². The average Bonchev–Trinajstić information content (AvgIpc) is 3.99. The Kier molecular flexibility index (Phi) is 10.9. The lowest BCUT2D eigenvalue weighted by Crippen LogP contribution is -2.58. The van der Waals surface area contributed by atoms with Crippen molar-refractivity contribution in [3.8, 4) is 11.5 Å². The third kappa shape index (κ3) is 8.61. The van der Waals surface area contributed by atoms with Crippen molar-refractivity contribution in [2.24, 2.45) is 5.92 Å². The first-order chi connectivity index (χ1) is 25.5. The van der Waals surface area contributed by atoms with Crippen LogP contribution in [0.2, 0.25) is 0 Å². The zero-order valence-electron chi connectivity index (χ0n) is 31.3. The molecule has 0 radical (unpaired) electrons. The minimum atomic E-state index is -3.91. The van der Waals surface area contributed by atoms with Crippen LogP contribution in [0.3, 0.4) is 0 Å². The number of H-pyrrole nitrogens is 1. The van der Waals surface area contributed by atoms with E-state index in [9.17, 15) is 32.4 Å². The third-order valence-corrected chi connectivity index (χ3v) is 12.1. The van der Waals surface area contributed by atoms with Crippen LogP contribution in [0.25, 0.3) is 10.9 Å². The Morgan fingerprint density at radius 1 is 0.963 bits per heavy atom. The standard InChI is InChI=1S/C37H50N6O10S/c1-36(2,3)53-35(48)40-25-12-10-8-6-7-9-11-22-19-37(22,34(47)42-54(49,50)24-13-14-24)41-32(45)28-17-23(20-43(28)33(25)46)38-31(44)27-15-21-16-29(51-4)30(52-5)18-26(21)39-27/h9,11,15-16,18,22-25,28,39H,6-8,10,12-14,17,19-20H2,1-5H3,(H,38,44)(H,40,48)(H,41,45)(H,42,47)/b11-9-/t22-,23+,25-,28-,37+/m0/s1. The number of carbonyl (C=O) groups is 5. The summed E-state index contributed by atoms with van der Waals surface area (Å²) in [4.78, 5) is 73.3. The maximum Gasteiger partial charge on any atom is 0.408 e. The summed E-state index contributed by atoms with van der Waals surface area (Å²) in [6.45, 7) is 5.05. The summed E-state index contributed by atoms with van der Waals surface area (Å²) in [7, 11) is -0.894. The minimum absolute atomic E-state index is 0.0110. The highest BCUT2D eigenvalue weighted by Gasteiger charge is 2.62. The lowest BCUT2D eigenvalue weighted by Gasteiger charge is -2.30. The molecule has 294 valence electrons. The lowest BCUT2D eigenvalue weighted by atomic mass is 10.0. The first-order valence-corrected chi connectivity index (χ1v) is 20.0. The second-order valence-electron chi connectivity index (χ2n) is 15.6. The van der Waals surface area contributed by atoms with Gasteiger partial charge in [0.15, 0.2) is 11.5 Å². The van der Waals surface area contributed by atoms with E-state index in [2.05, 4.69) is 25.7 Å². The van der Waals surface area contributed by atoms with E-state index < -0.39 is 80.2 Å². The maximum absolute atomic E-state index is 14.4. The summed E-state index contributed by atoms with van der Waals surface area (Å²) < 4.78 is 44.0. The number of fused-ring (bicyclic) bond motifs is 3. The molecule has 1 aromatic carbocycles. The smallest absolute Gasteiger partial charge is 0.408 e. The summed E-state index contributed by atoms with van der Waals surface area (Å²) in [6.07, 6.45) is 7.11. The zero-order chi connectivity index (χ0) is 39.0. The van der Waals surface area contributed by atoms with Crippen LogP contribution in [-0.2, 0) is 29.1 Å². The molecule has 3 heterocycles.